The third-order valence-corrected chi connectivity index (χ3v) is 3.25. The van der Waals surface area contributed by atoms with Gasteiger partial charge in [-0.05, 0) is 0 Å². The molecule has 1 aliphatic rings. The molecule has 0 bridgehead atoms. The molecule has 0 N–H and O–H groups in total. The van der Waals surface area contributed by atoms with Crippen molar-refractivity contribution in [3.05, 3.63) is 35.9 Å². The molecule has 1 aliphatic heterocycles. The highest BCUT2D eigenvalue weighted by atomic mass is 19.4. The molecular formula is C14H14F3NO3. The number of nitrogens with zero attached hydrogens (tertiary/aromatic N) is 1. The van der Waals surface area contributed by atoms with Crippen molar-refractivity contribution in [3.8, 4) is 0 Å². The lowest BCUT2D eigenvalue weighted by Gasteiger charge is -2.32. The summed E-state index contributed by atoms with van der Waals surface area (Å²) in [6.45, 7) is 0.629. The minimum absolute atomic E-state index is 0.0894. The van der Waals surface area contributed by atoms with Crippen molar-refractivity contribution in [2.24, 2.45) is 0 Å². The molecule has 1 fully saturated rings. The van der Waals surface area contributed by atoms with Crippen LogP contribution in [0.1, 0.15) is 10.4 Å². The Kier molecular flexibility index (Phi) is 4.74. The van der Waals surface area contributed by atoms with Gasteiger partial charge in [-0.2, -0.15) is 13.2 Å². The zero-order valence-corrected chi connectivity index (χ0v) is 11.1. The van der Waals surface area contributed by atoms with Crippen LogP contribution in [0.2, 0.25) is 0 Å². The van der Waals surface area contributed by atoms with Crippen LogP contribution in [0, 0.1) is 0 Å². The lowest BCUT2D eigenvalue weighted by molar-refractivity contribution is -0.176. The van der Waals surface area contributed by atoms with Gasteiger partial charge in [-0.1, -0.05) is 30.3 Å². The summed E-state index contributed by atoms with van der Waals surface area (Å²) in [5, 5.41) is 0. The van der Waals surface area contributed by atoms with Crippen LogP contribution >= 0.6 is 0 Å². The zero-order chi connectivity index (χ0) is 15.5. The van der Waals surface area contributed by atoms with Crippen LogP contribution in [0.15, 0.2) is 30.3 Å². The molecule has 7 heteroatoms. The molecular weight excluding hydrogens is 287 g/mol. The molecule has 1 heterocycles. The number of hydrogen-bond donors (Lipinski definition) is 0. The number of carbonyl (C=O) groups excluding carboxylic acids is 2. The Hall–Kier alpha value is -1.73. The first-order valence-electron chi connectivity index (χ1n) is 6.43. The summed E-state index contributed by atoms with van der Waals surface area (Å²) in [6, 6.07) is 5.70. The fraction of sp³-hybridized carbons (Fsp3) is 0.429. The number of ketones is 2. The zero-order valence-electron chi connectivity index (χ0n) is 11.1. The minimum atomic E-state index is -5.05. The largest absolute Gasteiger partial charge is 0.452 e. The number of alkyl halides is 3. The van der Waals surface area contributed by atoms with E-state index in [1.807, 2.05) is 0 Å². The maximum absolute atomic E-state index is 12.8. The summed E-state index contributed by atoms with van der Waals surface area (Å²) in [5.74, 6) is -2.86. The Labute approximate surface area is 119 Å². The molecule has 0 amide bonds. The first kappa shape index (κ1) is 15.7. The van der Waals surface area contributed by atoms with Gasteiger partial charge < -0.3 is 4.74 Å². The normalized spacial score (nSPS) is 18.2. The summed E-state index contributed by atoms with van der Waals surface area (Å²) in [4.78, 5) is 25.2. The predicted molar refractivity (Wildman–Crippen MR) is 68.0 cm³/mol. The van der Waals surface area contributed by atoms with Crippen LogP contribution in [-0.4, -0.2) is 55.0 Å². The molecule has 1 aromatic rings. The van der Waals surface area contributed by atoms with E-state index in [0.717, 1.165) is 0 Å². The first-order valence-corrected chi connectivity index (χ1v) is 6.43. The molecule has 4 nitrogen and oxygen atoms in total. The molecule has 0 saturated carbocycles. The number of benzene rings is 1. The van der Waals surface area contributed by atoms with Crippen LogP contribution in [0.25, 0.3) is 0 Å². The highest BCUT2D eigenvalue weighted by Crippen LogP contribution is 2.23. The molecule has 2 rings (SSSR count). The molecule has 1 saturated heterocycles. The summed E-state index contributed by atoms with van der Waals surface area (Å²) in [7, 11) is 0. The molecule has 0 radical (unpaired) electrons. The number of morpholine rings is 1. The van der Waals surface area contributed by atoms with Gasteiger partial charge in [0, 0.05) is 18.7 Å². The Morgan fingerprint density at radius 2 is 1.67 bits per heavy atom. The number of halogens is 3. The molecule has 1 aromatic carbocycles. The molecule has 0 aliphatic carbocycles. The van der Waals surface area contributed by atoms with Gasteiger partial charge in [0.15, 0.2) is 5.78 Å². The number of Topliss-reactive ketones (excluding diaryl/α,β-unsaturated/α-hetero) is 2. The lowest BCUT2D eigenvalue weighted by Crippen LogP contribution is -2.55. The van der Waals surface area contributed by atoms with Crippen molar-refractivity contribution in [1.29, 1.82) is 0 Å². The van der Waals surface area contributed by atoms with Gasteiger partial charge >= 0.3 is 6.18 Å². The van der Waals surface area contributed by atoms with E-state index < -0.39 is 23.8 Å². The number of carbonyl (C=O) groups is 2. The van der Waals surface area contributed by atoms with Crippen molar-refractivity contribution in [2.75, 3.05) is 26.3 Å². The van der Waals surface area contributed by atoms with E-state index in [-0.39, 0.29) is 31.9 Å². The quantitative estimate of drug-likeness (QED) is 0.627. The van der Waals surface area contributed by atoms with Crippen LogP contribution < -0.4 is 0 Å². The number of ether oxygens (including phenoxy) is 1. The van der Waals surface area contributed by atoms with Gasteiger partial charge in [0.1, 0.15) is 6.04 Å². The van der Waals surface area contributed by atoms with Gasteiger partial charge in [0.2, 0.25) is 0 Å². The number of hydrogen-bond acceptors (Lipinski definition) is 4. The first-order chi connectivity index (χ1) is 9.91. The summed E-state index contributed by atoms with van der Waals surface area (Å²) in [6.07, 6.45) is -5.05. The molecule has 114 valence electrons. The van der Waals surface area contributed by atoms with Crippen LogP contribution in [-0.2, 0) is 9.53 Å². The Balaban J connectivity index is 2.31. The van der Waals surface area contributed by atoms with Gasteiger partial charge in [-0.25, -0.2) is 0 Å². The lowest BCUT2D eigenvalue weighted by atomic mass is 9.98. The third-order valence-electron chi connectivity index (χ3n) is 3.25. The molecule has 1 unspecified atom stereocenters. The molecule has 21 heavy (non-hydrogen) atoms. The van der Waals surface area contributed by atoms with E-state index in [9.17, 15) is 22.8 Å². The van der Waals surface area contributed by atoms with E-state index in [2.05, 4.69) is 0 Å². The highest BCUT2D eigenvalue weighted by Gasteiger charge is 2.48. The van der Waals surface area contributed by atoms with Crippen molar-refractivity contribution >= 4 is 11.6 Å². The van der Waals surface area contributed by atoms with E-state index in [0.29, 0.717) is 0 Å². The average molecular weight is 301 g/mol. The van der Waals surface area contributed by atoms with Gasteiger partial charge in [-0.15, -0.1) is 0 Å². The highest BCUT2D eigenvalue weighted by molar-refractivity contribution is 6.15. The Morgan fingerprint density at radius 1 is 1.10 bits per heavy atom. The van der Waals surface area contributed by atoms with Crippen molar-refractivity contribution in [3.63, 3.8) is 0 Å². The molecule has 0 spiro atoms. The molecule has 1 atom stereocenters. The maximum atomic E-state index is 12.8. The SMILES string of the molecule is O=C(c1ccccc1)C(C(=O)C(F)(F)F)N1CCOCC1. The van der Waals surface area contributed by atoms with Crippen molar-refractivity contribution in [2.45, 2.75) is 12.2 Å². The van der Waals surface area contributed by atoms with Gasteiger partial charge in [0.25, 0.3) is 5.78 Å². The summed E-state index contributed by atoms with van der Waals surface area (Å²) >= 11 is 0. The second-order valence-electron chi connectivity index (χ2n) is 4.64. The van der Waals surface area contributed by atoms with E-state index >= 15 is 0 Å². The van der Waals surface area contributed by atoms with Gasteiger partial charge in [-0.3, -0.25) is 14.5 Å². The van der Waals surface area contributed by atoms with Crippen LogP contribution in [0.4, 0.5) is 13.2 Å². The van der Waals surface area contributed by atoms with Crippen molar-refractivity contribution in [1.82, 2.24) is 4.90 Å². The fourth-order valence-corrected chi connectivity index (χ4v) is 2.20. The summed E-state index contributed by atoms with van der Waals surface area (Å²) < 4.78 is 43.4. The Morgan fingerprint density at radius 3 is 2.19 bits per heavy atom. The van der Waals surface area contributed by atoms with E-state index in [4.69, 9.17) is 4.74 Å². The average Bonchev–Trinajstić information content (AvgIpc) is 2.48. The summed E-state index contributed by atoms with van der Waals surface area (Å²) in [5.41, 5.74) is 0.0894. The fourth-order valence-electron chi connectivity index (χ4n) is 2.20. The monoisotopic (exact) mass is 301 g/mol. The Bertz CT molecular complexity index is 510. The smallest absolute Gasteiger partial charge is 0.379 e. The van der Waals surface area contributed by atoms with E-state index in [1.165, 1.54) is 17.0 Å². The second kappa shape index (κ2) is 6.36. The second-order valence-corrected chi connectivity index (χ2v) is 4.64. The van der Waals surface area contributed by atoms with E-state index in [1.54, 1.807) is 18.2 Å². The predicted octanol–water partition coefficient (Wildman–Crippen LogP) is 1.70. The topological polar surface area (TPSA) is 46.6 Å². The van der Waals surface area contributed by atoms with Crippen molar-refractivity contribution < 1.29 is 27.5 Å². The minimum Gasteiger partial charge on any atom is -0.379 e. The third kappa shape index (κ3) is 3.68. The molecule has 0 aromatic heterocycles. The van der Waals surface area contributed by atoms with Crippen LogP contribution in [0.3, 0.4) is 0 Å². The van der Waals surface area contributed by atoms with Crippen LogP contribution in [0.5, 0.6) is 0 Å². The van der Waals surface area contributed by atoms with Gasteiger partial charge in [0.05, 0.1) is 13.2 Å². The number of rotatable bonds is 4. The standard InChI is InChI=1S/C14H14F3NO3/c15-14(16,17)13(20)11(18-6-8-21-9-7-18)12(19)10-4-2-1-3-5-10/h1-5,11H,6-9H2. The maximum Gasteiger partial charge on any atom is 0.452 e.